The number of aromatic nitrogens is 1. The highest BCUT2D eigenvalue weighted by Crippen LogP contribution is 2.28. The Labute approximate surface area is 109 Å². The van der Waals surface area contributed by atoms with Crippen molar-refractivity contribution in [3.05, 3.63) is 64.2 Å². The van der Waals surface area contributed by atoms with Crippen LogP contribution in [0.4, 0.5) is 15.8 Å². The van der Waals surface area contributed by atoms with Crippen LogP contribution in [0.15, 0.2) is 42.7 Å². The highest BCUT2D eigenvalue weighted by atomic mass is 19.1. The second-order valence-corrected chi connectivity index (χ2v) is 4.11. The van der Waals surface area contributed by atoms with E-state index in [9.17, 15) is 14.5 Å². The number of benzene rings is 1. The molecule has 0 atom stereocenters. The summed E-state index contributed by atoms with van der Waals surface area (Å²) in [7, 11) is 1.72. The molecular formula is C13H12FN3O2. The van der Waals surface area contributed by atoms with E-state index < -0.39 is 10.7 Å². The van der Waals surface area contributed by atoms with Crippen LogP contribution < -0.4 is 4.90 Å². The molecule has 0 unspecified atom stereocenters. The second kappa shape index (κ2) is 5.43. The molecule has 0 amide bonds. The van der Waals surface area contributed by atoms with Crippen LogP contribution >= 0.6 is 0 Å². The van der Waals surface area contributed by atoms with Gasteiger partial charge in [-0.05, 0) is 23.8 Å². The number of hydrogen-bond acceptors (Lipinski definition) is 4. The van der Waals surface area contributed by atoms with Crippen LogP contribution in [-0.2, 0) is 6.54 Å². The fourth-order valence-electron chi connectivity index (χ4n) is 1.82. The van der Waals surface area contributed by atoms with Gasteiger partial charge >= 0.3 is 0 Å². The topological polar surface area (TPSA) is 59.3 Å². The molecule has 0 aliphatic heterocycles. The zero-order valence-corrected chi connectivity index (χ0v) is 10.3. The van der Waals surface area contributed by atoms with Crippen molar-refractivity contribution in [2.75, 3.05) is 11.9 Å². The minimum absolute atomic E-state index is 0.244. The maximum absolute atomic E-state index is 13.1. The van der Waals surface area contributed by atoms with Crippen LogP contribution in [0.2, 0.25) is 0 Å². The van der Waals surface area contributed by atoms with Gasteiger partial charge in [0.05, 0.1) is 11.0 Å². The summed E-state index contributed by atoms with van der Waals surface area (Å²) in [6.45, 7) is 0.459. The van der Waals surface area contributed by atoms with E-state index in [0.29, 0.717) is 12.2 Å². The van der Waals surface area contributed by atoms with Crippen molar-refractivity contribution in [1.82, 2.24) is 4.98 Å². The Hall–Kier alpha value is -2.50. The minimum atomic E-state index is -0.620. The first-order valence-electron chi connectivity index (χ1n) is 5.62. The van der Waals surface area contributed by atoms with Gasteiger partial charge in [-0.3, -0.25) is 15.1 Å². The molecule has 5 nitrogen and oxygen atoms in total. The van der Waals surface area contributed by atoms with Gasteiger partial charge in [-0.15, -0.1) is 0 Å². The summed E-state index contributed by atoms with van der Waals surface area (Å²) in [6.07, 6.45) is 3.34. The number of nitrogens with zero attached hydrogens (tertiary/aromatic N) is 3. The Balaban J connectivity index is 2.28. The summed E-state index contributed by atoms with van der Waals surface area (Å²) >= 11 is 0. The van der Waals surface area contributed by atoms with Crippen molar-refractivity contribution >= 4 is 11.4 Å². The summed E-state index contributed by atoms with van der Waals surface area (Å²) in [6, 6.07) is 7.21. The maximum atomic E-state index is 13.1. The molecule has 1 aromatic carbocycles. The fourth-order valence-corrected chi connectivity index (χ4v) is 1.82. The molecule has 0 aliphatic rings. The van der Waals surface area contributed by atoms with E-state index >= 15 is 0 Å². The third kappa shape index (κ3) is 3.04. The van der Waals surface area contributed by atoms with Crippen molar-refractivity contribution in [2.45, 2.75) is 6.54 Å². The average molecular weight is 261 g/mol. The van der Waals surface area contributed by atoms with E-state index in [0.717, 1.165) is 11.6 Å². The number of halogens is 1. The number of nitro groups is 1. The Morgan fingerprint density at radius 1 is 1.42 bits per heavy atom. The van der Waals surface area contributed by atoms with Crippen molar-refractivity contribution in [3.8, 4) is 0 Å². The van der Waals surface area contributed by atoms with Crippen LogP contribution in [0.25, 0.3) is 0 Å². The lowest BCUT2D eigenvalue weighted by Gasteiger charge is -2.19. The predicted octanol–water partition coefficient (Wildman–Crippen LogP) is 2.77. The molecule has 1 aromatic heterocycles. The van der Waals surface area contributed by atoms with Crippen LogP contribution in [0.1, 0.15) is 5.56 Å². The van der Waals surface area contributed by atoms with Crippen LogP contribution in [0.5, 0.6) is 0 Å². The van der Waals surface area contributed by atoms with Gasteiger partial charge in [0.15, 0.2) is 0 Å². The van der Waals surface area contributed by atoms with Gasteiger partial charge in [-0.2, -0.15) is 0 Å². The van der Waals surface area contributed by atoms with Crippen molar-refractivity contribution in [3.63, 3.8) is 0 Å². The second-order valence-electron chi connectivity index (χ2n) is 4.11. The molecule has 0 spiro atoms. The molecular weight excluding hydrogens is 249 g/mol. The molecule has 0 aliphatic carbocycles. The summed E-state index contributed by atoms with van der Waals surface area (Å²) in [5, 5.41) is 10.9. The highest BCUT2D eigenvalue weighted by molar-refractivity contribution is 5.62. The summed E-state index contributed by atoms with van der Waals surface area (Å²) < 4.78 is 13.1. The molecule has 2 aromatic rings. The van der Waals surface area contributed by atoms with Gasteiger partial charge in [0.2, 0.25) is 0 Å². The number of nitro benzene ring substituents is 1. The van der Waals surface area contributed by atoms with Gasteiger partial charge in [0.25, 0.3) is 5.69 Å². The molecule has 0 fully saturated rings. The summed E-state index contributed by atoms with van der Waals surface area (Å²) in [5.41, 5.74) is 1.05. The molecule has 1 heterocycles. The Bertz CT molecular complexity index is 590. The van der Waals surface area contributed by atoms with Gasteiger partial charge in [-0.25, -0.2) is 4.39 Å². The van der Waals surface area contributed by atoms with E-state index in [-0.39, 0.29) is 5.69 Å². The zero-order valence-electron chi connectivity index (χ0n) is 10.3. The van der Waals surface area contributed by atoms with Crippen LogP contribution in [-0.4, -0.2) is 17.0 Å². The standard InChI is InChI=1S/C13H12FN3O2/c1-16(9-10-3-2-6-15-8-10)12-5-4-11(14)7-13(12)17(18)19/h2-8H,9H2,1H3. The van der Waals surface area contributed by atoms with Crippen LogP contribution in [0.3, 0.4) is 0 Å². The van der Waals surface area contributed by atoms with Crippen LogP contribution in [0, 0.1) is 15.9 Å². The molecule has 6 heteroatoms. The minimum Gasteiger partial charge on any atom is -0.365 e. The molecule has 2 rings (SSSR count). The van der Waals surface area contributed by atoms with E-state index in [4.69, 9.17) is 0 Å². The lowest BCUT2D eigenvalue weighted by atomic mass is 10.2. The molecule has 0 bridgehead atoms. The SMILES string of the molecule is CN(Cc1cccnc1)c1ccc(F)cc1[N+](=O)[O-]. The summed E-state index contributed by atoms with van der Waals surface area (Å²) in [5.74, 6) is -0.620. The number of rotatable bonds is 4. The molecule has 19 heavy (non-hydrogen) atoms. The maximum Gasteiger partial charge on any atom is 0.295 e. The Morgan fingerprint density at radius 2 is 2.21 bits per heavy atom. The first kappa shape index (κ1) is 12.9. The molecule has 0 N–H and O–H groups in total. The number of anilines is 1. The average Bonchev–Trinajstić information content (AvgIpc) is 2.39. The largest absolute Gasteiger partial charge is 0.365 e. The quantitative estimate of drug-likeness (QED) is 0.627. The predicted molar refractivity (Wildman–Crippen MR) is 69.4 cm³/mol. The summed E-state index contributed by atoms with van der Waals surface area (Å²) in [4.78, 5) is 16.0. The molecule has 0 saturated carbocycles. The number of pyridine rings is 1. The van der Waals surface area contributed by atoms with E-state index in [1.54, 1.807) is 30.4 Å². The molecule has 0 radical (unpaired) electrons. The Morgan fingerprint density at radius 3 is 2.84 bits per heavy atom. The van der Waals surface area contributed by atoms with Gasteiger partial charge in [0, 0.05) is 26.0 Å². The molecule has 0 saturated heterocycles. The monoisotopic (exact) mass is 261 g/mol. The van der Waals surface area contributed by atoms with Crippen molar-refractivity contribution in [2.24, 2.45) is 0 Å². The number of hydrogen-bond donors (Lipinski definition) is 0. The third-order valence-corrected chi connectivity index (χ3v) is 2.69. The lowest BCUT2D eigenvalue weighted by molar-refractivity contribution is -0.384. The smallest absolute Gasteiger partial charge is 0.295 e. The highest BCUT2D eigenvalue weighted by Gasteiger charge is 2.18. The third-order valence-electron chi connectivity index (χ3n) is 2.69. The van der Waals surface area contributed by atoms with Crippen molar-refractivity contribution < 1.29 is 9.31 Å². The van der Waals surface area contributed by atoms with Crippen molar-refractivity contribution in [1.29, 1.82) is 0 Å². The van der Waals surface area contributed by atoms with E-state index in [1.807, 2.05) is 6.07 Å². The molecule has 98 valence electrons. The van der Waals surface area contributed by atoms with Gasteiger partial charge in [-0.1, -0.05) is 6.07 Å². The Kier molecular flexibility index (Phi) is 3.70. The lowest BCUT2D eigenvalue weighted by Crippen LogP contribution is -2.17. The van der Waals surface area contributed by atoms with Gasteiger partial charge < -0.3 is 4.90 Å². The normalized spacial score (nSPS) is 10.2. The van der Waals surface area contributed by atoms with Gasteiger partial charge in [0.1, 0.15) is 11.5 Å². The first-order valence-corrected chi connectivity index (χ1v) is 5.62. The van der Waals surface area contributed by atoms with E-state index in [2.05, 4.69) is 4.98 Å². The van der Waals surface area contributed by atoms with E-state index in [1.165, 1.54) is 12.1 Å². The zero-order chi connectivity index (χ0) is 13.8. The first-order chi connectivity index (χ1) is 9.08. The fraction of sp³-hybridized carbons (Fsp3) is 0.154.